The minimum absolute atomic E-state index is 0.0631. The molecule has 2 N–H and O–H groups in total. The number of ether oxygens (including phenoxy) is 2. The molecule has 2 heterocycles. The van der Waals surface area contributed by atoms with E-state index in [1.54, 1.807) is 4.90 Å². The van der Waals surface area contributed by atoms with Crippen molar-refractivity contribution in [1.29, 1.82) is 0 Å². The molecule has 0 bridgehead atoms. The number of halogens is 1. The number of aromatic nitrogens is 2. The second-order valence-electron chi connectivity index (χ2n) is 9.44. The zero-order chi connectivity index (χ0) is 23.6. The molecule has 2 aromatic carbocycles. The second kappa shape index (κ2) is 9.51. The molecule has 176 valence electrons. The number of hydrogen-bond donors (Lipinski definition) is 1. The van der Waals surface area contributed by atoms with Crippen LogP contribution in [0.5, 0.6) is 5.75 Å². The molecule has 1 saturated heterocycles. The lowest BCUT2D eigenvalue weighted by Crippen LogP contribution is -2.39. The van der Waals surface area contributed by atoms with E-state index in [1.807, 2.05) is 67.8 Å². The number of nitrogens with two attached hydrogens (primary N) is 1. The molecule has 4 rings (SSSR count). The molecule has 33 heavy (non-hydrogen) atoms. The molecule has 1 amide bonds. The molecule has 0 unspecified atom stereocenters. The van der Waals surface area contributed by atoms with E-state index in [0.717, 1.165) is 30.3 Å². The molecular formula is C25H31ClN4O3. The fourth-order valence-electron chi connectivity index (χ4n) is 4.19. The average molecular weight is 471 g/mol. The summed E-state index contributed by atoms with van der Waals surface area (Å²) in [4.78, 5) is 19.1. The van der Waals surface area contributed by atoms with Crippen molar-refractivity contribution >= 4 is 34.7 Å². The van der Waals surface area contributed by atoms with E-state index in [4.69, 9.17) is 26.8 Å². The maximum Gasteiger partial charge on any atom is 0.410 e. The highest BCUT2D eigenvalue weighted by molar-refractivity contribution is 6.36. The summed E-state index contributed by atoms with van der Waals surface area (Å²) >= 11 is 6.83. The van der Waals surface area contributed by atoms with Gasteiger partial charge in [-0.2, -0.15) is 0 Å². The number of carbonyl (C=O) groups is 1. The first kappa shape index (κ1) is 23.2. The molecule has 1 aliphatic heterocycles. The monoisotopic (exact) mass is 470 g/mol. The lowest BCUT2D eigenvalue weighted by Gasteiger charge is -2.29. The van der Waals surface area contributed by atoms with Gasteiger partial charge in [0, 0.05) is 13.1 Å². The fourth-order valence-corrected chi connectivity index (χ4v) is 4.49. The number of hydrogen-bond acceptors (Lipinski definition) is 5. The third-order valence-electron chi connectivity index (χ3n) is 5.68. The van der Waals surface area contributed by atoms with Gasteiger partial charge in [-0.25, -0.2) is 9.78 Å². The molecule has 7 nitrogen and oxygen atoms in total. The number of likely N-dealkylation sites (tertiary alicyclic amines) is 1. The van der Waals surface area contributed by atoms with Gasteiger partial charge in [-0.3, -0.25) is 0 Å². The Balaban J connectivity index is 1.63. The lowest BCUT2D eigenvalue weighted by atomic mass is 10.1. The van der Waals surface area contributed by atoms with Crippen LogP contribution < -0.4 is 10.5 Å². The molecule has 1 aliphatic rings. The summed E-state index contributed by atoms with van der Waals surface area (Å²) in [5.41, 5.74) is 8.30. The number of nitrogens with zero attached hydrogens (tertiary/aromatic N) is 3. The first-order chi connectivity index (χ1) is 15.7. The van der Waals surface area contributed by atoms with Crippen molar-refractivity contribution < 1.29 is 14.3 Å². The number of benzene rings is 2. The summed E-state index contributed by atoms with van der Waals surface area (Å²) in [7, 11) is 0. The highest BCUT2D eigenvalue weighted by atomic mass is 35.5. The number of rotatable bonds is 4. The van der Waals surface area contributed by atoms with Crippen LogP contribution in [0.3, 0.4) is 0 Å². The van der Waals surface area contributed by atoms with E-state index in [-0.39, 0.29) is 12.1 Å². The van der Waals surface area contributed by atoms with E-state index in [9.17, 15) is 4.79 Å². The zero-order valence-electron chi connectivity index (χ0n) is 19.4. The summed E-state index contributed by atoms with van der Waals surface area (Å²) in [5.74, 6) is 0.954. The van der Waals surface area contributed by atoms with Crippen LogP contribution in [0.4, 0.5) is 10.7 Å². The van der Waals surface area contributed by atoms with Gasteiger partial charge in [0.15, 0.2) is 0 Å². The van der Waals surface area contributed by atoms with Gasteiger partial charge in [0.1, 0.15) is 23.0 Å². The van der Waals surface area contributed by atoms with Crippen LogP contribution in [0.1, 0.15) is 51.6 Å². The normalized spacial score (nSPS) is 17.1. The Morgan fingerprint density at radius 1 is 1.18 bits per heavy atom. The number of imidazole rings is 1. The van der Waals surface area contributed by atoms with Crippen LogP contribution in [-0.4, -0.2) is 39.2 Å². The van der Waals surface area contributed by atoms with Crippen molar-refractivity contribution in [3.8, 4) is 5.75 Å². The summed E-state index contributed by atoms with van der Waals surface area (Å²) in [5, 5.41) is 0.473. The van der Waals surface area contributed by atoms with Gasteiger partial charge in [0.2, 0.25) is 5.95 Å². The van der Waals surface area contributed by atoms with E-state index < -0.39 is 5.60 Å². The van der Waals surface area contributed by atoms with E-state index in [1.165, 1.54) is 0 Å². The molecule has 3 aromatic rings. The first-order valence-electron chi connectivity index (χ1n) is 11.3. The molecule has 0 radical (unpaired) electrons. The van der Waals surface area contributed by atoms with Crippen LogP contribution in [0.2, 0.25) is 5.02 Å². The van der Waals surface area contributed by atoms with Crippen molar-refractivity contribution in [2.75, 3.05) is 18.8 Å². The Kier molecular flexibility index (Phi) is 6.70. The Bertz CT molecular complexity index is 1120. The smallest absolute Gasteiger partial charge is 0.410 e. The van der Waals surface area contributed by atoms with Crippen molar-refractivity contribution in [3.05, 3.63) is 53.1 Å². The summed E-state index contributed by atoms with van der Waals surface area (Å²) in [6, 6.07) is 13.6. The second-order valence-corrected chi connectivity index (χ2v) is 9.81. The maximum absolute atomic E-state index is 12.8. The average Bonchev–Trinajstić information content (AvgIpc) is 2.93. The number of anilines is 1. The van der Waals surface area contributed by atoms with Gasteiger partial charge in [-0.1, -0.05) is 41.9 Å². The number of amides is 1. The minimum Gasteiger partial charge on any atom is -0.487 e. The molecule has 1 fully saturated rings. The highest BCUT2D eigenvalue weighted by Crippen LogP contribution is 2.38. The molecule has 8 heteroatoms. The molecule has 0 spiro atoms. The summed E-state index contributed by atoms with van der Waals surface area (Å²) in [6.07, 6.45) is 2.42. The Labute approximate surface area is 199 Å². The SMILES string of the molecule is CC(C)(C)OC(=O)N1CCCC[C@@H](n2c(N)nc3ccc(OCc4ccccc4)c(Cl)c32)C1. The van der Waals surface area contributed by atoms with Crippen LogP contribution in [-0.2, 0) is 11.3 Å². The maximum atomic E-state index is 12.8. The van der Waals surface area contributed by atoms with Crippen LogP contribution >= 0.6 is 11.6 Å². The molecule has 1 atom stereocenters. The summed E-state index contributed by atoms with van der Waals surface area (Å²) in [6.45, 7) is 7.16. The third-order valence-corrected chi connectivity index (χ3v) is 6.05. The van der Waals surface area contributed by atoms with Gasteiger partial charge in [0.05, 0.1) is 17.1 Å². The van der Waals surface area contributed by atoms with Gasteiger partial charge in [0.25, 0.3) is 0 Å². The fraction of sp³-hybridized carbons (Fsp3) is 0.440. The quantitative estimate of drug-likeness (QED) is 0.520. The van der Waals surface area contributed by atoms with Gasteiger partial charge >= 0.3 is 6.09 Å². The topological polar surface area (TPSA) is 82.6 Å². The van der Waals surface area contributed by atoms with E-state index in [2.05, 4.69) is 4.98 Å². The van der Waals surface area contributed by atoms with Crippen molar-refractivity contribution in [2.24, 2.45) is 0 Å². The predicted molar refractivity (Wildman–Crippen MR) is 131 cm³/mol. The molecule has 0 aliphatic carbocycles. The molecule has 0 saturated carbocycles. The third kappa shape index (κ3) is 5.36. The van der Waals surface area contributed by atoms with Crippen molar-refractivity contribution in [1.82, 2.24) is 14.5 Å². The predicted octanol–water partition coefficient (Wildman–Crippen LogP) is 5.81. The Morgan fingerprint density at radius 2 is 1.94 bits per heavy atom. The van der Waals surface area contributed by atoms with Crippen molar-refractivity contribution in [2.45, 2.75) is 58.3 Å². The Hall–Kier alpha value is -2.93. The van der Waals surface area contributed by atoms with Crippen LogP contribution in [0.25, 0.3) is 11.0 Å². The lowest BCUT2D eigenvalue weighted by molar-refractivity contribution is 0.0238. The largest absolute Gasteiger partial charge is 0.487 e. The van der Waals surface area contributed by atoms with Gasteiger partial charge in [-0.15, -0.1) is 0 Å². The van der Waals surface area contributed by atoms with E-state index >= 15 is 0 Å². The van der Waals surface area contributed by atoms with Crippen LogP contribution in [0.15, 0.2) is 42.5 Å². The van der Waals surface area contributed by atoms with Gasteiger partial charge < -0.3 is 24.7 Å². The zero-order valence-corrected chi connectivity index (χ0v) is 20.1. The van der Waals surface area contributed by atoms with Crippen LogP contribution in [0, 0.1) is 0 Å². The standard InChI is InChI=1S/C25H31ClN4O3/c1-25(2,3)33-24(31)29-14-8-7-11-18(15-29)30-22-19(28-23(30)27)12-13-20(21(22)26)32-16-17-9-5-4-6-10-17/h4-6,9-10,12-13,18H,7-8,11,14-16H2,1-3H3,(H2,27,28)/t18-/m1/s1. The summed E-state index contributed by atoms with van der Waals surface area (Å²) < 4.78 is 13.6. The first-order valence-corrected chi connectivity index (χ1v) is 11.7. The molecular weight excluding hydrogens is 440 g/mol. The van der Waals surface area contributed by atoms with Crippen molar-refractivity contribution in [3.63, 3.8) is 0 Å². The number of nitrogen functional groups attached to an aromatic ring is 1. The van der Waals surface area contributed by atoms with Gasteiger partial charge in [-0.05, 0) is 57.7 Å². The number of fused-ring (bicyclic) bond motifs is 1. The highest BCUT2D eigenvalue weighted by Gasteiger charge is 2.29. The Morgan fingerprint density at radius 3 is 2.67 bits per heavy atom. The minimum atomic E-state index is -0.548. The van der Waals surface area contributed by atoms with E-state index in [0.29, 0.717) is 41.9 Å². The molecule has 1 aromatic heterocycles. The number of carbonyl (C=O) groups excluding carboxylic acids is 1.